The van der Waals surface area contributed by atoms with E-state index < -0.39 is 46.0 Å². The highest BCUT2D eigenvalue weighted by Gasteiger charge is 2.47. The van der Waals surface area contributed by atoms with Crippen molar-refractivity contribution in [2.75, 3.05) is 18.4 Å². The molecular weight excluding hydrogens is 523 g/mol. The van der Waals surface area contributed by atoms with Gasteiger partial charge in [0, 0.05) is 24.8 Å². The molecule has 2 aromatic rings. The maximum absolute atomic E-state index is 13.6. The van der Waals surface area contributed by atoms with Crippen LogP contribution in [0.2, 0.25) is 0 Å². The molecule has 1 saturated carbocycles. The number of carboxylic acid groups (broad SMARTS) is 1. The van der Waals surface area contributed by atoms with E-state index in [4.69, 9.17) is 0 Å². The number of halogens is 1. The number of carbonyl (C=O) groups excluding carboxylic acids is 2. The lowest BCUT2D eigenvalue weighted by Gasteiger charge is -2.33. The van der Waals surface area contributed by atoms with Crippen LogP contribution in [0.3, 0.4) is 0 Å². The number of benzene rings is 1. The van der Waals surface area contributed by atoms with Crippen LogP contribution in [0.25, 0.3) is 0 Å². The number of thiophene rings is 1. The third-order valence-corrected chi connectivity index (χ3v) is 9.95. The average Bonchev–Trinajstić information content (AvgIpc) is 3.57. The van der Waals surface area contributed by atoms with Crippen LogP contribution in [0, 0.1) is 11.7 Å². The Morgan fingerprint density at radius 3 is 2.41 bits per heavy atom. The minimum Gasteiger partial charge on any atom is -0.481 e. The molecule has 4 rings (SSSR count). The molecule has 2 unspecified atom stereocenters. The predicted molar refractivity (Wildman–Crippen MR) is 135 cm³/mol. The van der Waals surface area contributed by atoms with Crippen LogP contribution >= 0.6 is 11.3 Å². The van der Waals surface area contributed by atoms with E-state index in [2.05, 4.69) is 10.6 Å². The van der Waals surface area contributed by atoms with Crippen LogP contribution in [-0.4, -0.2) is 65.9 Å². The normalized spacial score (nSPS) is 19.9. The molecule has 1 aliphatic carbocycles. The number of sulfonamides is 1. The largest absolute Gasteiger partial charge is 0.481 e. The van der Waals surface area contributed by atoms with Crippen molar-refractivity contribution in [3.05, 3.63) is 47.6 Å². The summed E-state index contributed by atoms with van der Waals surface area (Å²) in [6.45, 7) is -0.190. The summed E-state index contributed by atoms with van der Waals surface area (Å²) in [5.41, 5.74) is 0.274. The number of anilines is 1. The molecule has 200 valence electrons. The quantitative estimate of drug-likeness (QED) is 0.460. The zero-order valence-corrected chi connectivity index (χ0v) is 21.6. The van der Waals surface area contributed by atoms with Gasteiger partial charge in [0.25, 0.3) is 15.9 Å². The molecule has 2 atom stereocenters. The predicted octanol–water partition coefficient (Wildman–Crippen LogP) is 3.29. The molecule has 0 bridgehead atoms. The zero-order chi connectivity index (χ0) is 26.6. The van der Waals surface area contributed by atoms with Gasteiger partial charge < -0.3 is 15.7 Å². The van der Waals surface area contributed by atoms with Crippen molar-refractivity contribution in [1.82, 2.24) is 14.5 Å². The first-order valence-corrected chi connectivity index (χ1v) is 14.4. The van der Waals surface area contributed by atoms with E-state index >= 15 is 0 Å². The lowest BCUT2D eigenvalue weighted by Crippen LogP contribution is -2.57. The summed E-state index contributed by atoms with van der Waals surface area (Å²) in [5.74, 6) is -2.38. The van der Waals surface area contributed by atoms with Crippen molar-refractivity contribution in [3.8, 4) is 0 Å². The summed E-state index contributed by atoms with van der Waals surface area (Å²) in [6.07, 6.45) is 2.58. The molecule has 10 nitrogen and oxygen atoms in total. The number of nitrogens with one attached hydrogen (secondary N) is 2. The van der Waals surface area contributed by atoms with Gasteiger partial charge in [0.1, 0.15) is 10.0 Å². The Bertz CT molecular complexity index is 1220. The van der Waals surface area contributed by atoms with Crippen LogP contribution in [0.5, 0.6) is 0 Å². The summed E-state index contributed by atoms with van der Waals surface area (Å²) in [5, 5.41) is 16.4. The Kier molecular flexibility index (Phi) is 8.45. The van der Waals surface area contributed by atoms with Gasteiger partial charge in [0.05, 0.1) is 6.42 Å². The molecule has 37 heavy (non-hydrogen) atoms. The lowest BCUT2D eigenvalue weighted by atomic mass is 9.82. The van der Waals surface area contributed by atoms with Gasteiger partial charge in [-0.1, -0.05) is 25.3 Å². The number of nitrogens with zero attached hydrogens (tertiary/aromatic N) is 2. The fourth-order valence-corrected chi connectivity index (χ4v) is 7.58. The highest BCUT2D eigenvalue weighted by atomic mass is 32.2. The fourth-order valence-electron chi connectivity index (χ4n) is 4.91. The van der Waals surface area contributed by atoms with Gasteiger partial charge in [0.2, 0.25) is 0 Å². The number of carboxylic acids is 1. The molecule has 2 fully saturated rings. The number of rotatable bonds is 8. The minimum atomic E-state index is -4.11. The van der Waals surface area contributed by atoms with Crippen LogP contribution in [0.4, 0.5) is 14.9 Å². The zero-order valence-electron chi connectivity index (χ0n) is 20.0. The van der Waals surface area contributed by atoms with E-state index in [1.807, 2.05) is 0 Å². The molecule has 1 saturated heterocycles. The van der Waals surface area contributed by atoms with Crippen LogP contribution in [0.1, 0.15) is 38.5 Å². The van der Waals surface area contributed by atoms with Gasteiger partial charge in [-0.3, -0.25) is 14.5 Å². The second-order valence-corrected chi connectivity index (χ2v) is 12.2. The third kappa shape index (κ3) is 6.28. The summed E-state index contributed by atoms with van der Waals surface area (Å²) in [7, 11) is -4.11. The first-order valence-electron chi connectivity index (χ1n) is 12.1. The van der Waals surface area contributed by atoms with Crippen molar-refractivity contribution >= 4 is 45.0 Å². The van der Waals surface area contributed by atoms with Crippen LogP contribution < -0.4 is 10.6 Å². The second-order valence-electron chi connectivity index (χ2n) is 9.16. The maximum Gasteiger partial charge on any atom is 0.323 e. The number of aliphatic carboxylic acids is 1. The van der Waals surface area contributed by atoms with Gasteiger partial charge in [0.15, 0.2) is 6.17 Å². The molecule has 2 heterocycles. The first kappa shape index (κ1) is 27.0. The summed E-state index contributed by atoms with van der Waals surface area (Å²) in [4.78, 5) is 39.5. The number of urea groups is 1. The standard InChI is InChI=1S/C24H29FN4O6S2/c25-17-8-10-18(11-9-17)26-24(33)28-12-13-29(37(34,35)21-7-4-14-36-21)23(28)22(32)27-19(15-20(30)31)16-5-2-1-3-6-16/h4,7-11,14,16,19,23H,1-3,5-6,12-13,15H2,(H,26,33)(H,27,32)(H,30,31). The highest BCUT2D eigenvalue weighted by Crippen LogP contribution is 2.30. The number of amides is 3. The van der Waals surface area contributed by atoms with Crippen molar-refractivity contribution in [2.24, 2.45) is 5.92 Å². The van der Waals surface area contributed by atoms with Crippen LogP contribution in [-0.2, 0) is 19.6 Å². The third-order valence-electron chi connectivity index (χ3n) is 6.72. The first-order chi connectivity index (χ1) is 17.7. The minimum absolute atomic E-state index is 0.0282. The number of hydrogen-bond donors (Lipinski definition) is 3. The number of carbonyl (C=O) groups is 3. The summed E-state index contributed by atoms with van der Waals surface area (Å²) < 4.78 is 41.1. The fraction of sp³-hybridized carbons (Fsp3) is 0.458. The number of hydrogen-bond acceptors (Lipinski definition) is 6. The lowest BCUT2D eigenvalue weighted by molar-refractivity contribution is -0.138. The van der Waals surface area contributed by atoms with E-state index in [1.165, 1.54) is 18.2 Å². The van der Waals surface area contributed by atoms with Gasteiger partial charge in [-0.15, -0.1) is 11.3 Å². The Hall–Kier alpha value is -3.03. The van der Waals surface area contributed by atoms with E-state index in [0.29, 0.717) is 0 Å². The topological polar surface area (TPSA) is 136 Å². The molecule has 2 aliphatic rings. The molecule has 0 spiro atoms. The van der Waals surface area contributed by atoms with Crippen molar-refractivity contribution in [1.29, 1.82) is 0 Å². The Morgan fingerprint density at radius 1 is 1.08 bits per heavy atom. The van der Waals surface area contributed by atoms with Gasteiger partial charge in [-0.25, -0.2) is 17.6 Å². The van der Waals surface area contributed by atoms with Crippen molar-refractivity contribution in [3.63, 3.8) is 0 Å². The van der Waals surface area contributed by atoms with E-state index in [9.17, 15) is 32.3 Å². The maximum atomic E-state index is 13.6. The molecule has 13 heteroatoms. The smallest absolute Gasteiger partial charge is 0.323 e. The molecule has 3 amide bonds. The van der Waals surface area contributed by atoms with E-state index in [-0.39, 0.29) is 35.3 Å². The highest BCUT2D eigenvalue weighted by molar-refractivity contribution is 7.91. The molecule has 0 radical (unpaired) electrons. The van der Waals surface area contributed by atoms with E-state index in [0.717, 1.165) is 64.8 Å². The molecular formula is C24H29FN4O6S2. The average molecular weight is 553 g/mol. The van der Waals surface area contributed by atoms with Crippen molar-refractivity contribution < 1.29 is 32.3 Å². The van der Waals surface area contributed by atoms with E-state index in [1.54, 1.807) is 11.4 Å². The SMILES string of the molecule is O=C(O)CC(NC(=O)C1N(C(=O)Nc2ccc(F)cc2)CCN1S(=O)(=O)c1cccs1)C1CCCCC1. The van der Waals surface area contributed by atoms with Crippen molar-refractivity contribution in [2.45, 2.75) is 54.9 Å². The molecule has 3 N–H and O–H groups in total. The Morgan fingerprint density at radius 2 is 1.78 bits per heavy atom. The molecule has 1 aliphatic heterocycles. The summed E-state index contributed by atoms with van der Waals surface area (Å²) in [6, 6.07) is 6.60. The summed E-state index contributed by atoms with van der Waals surface area (Å²) >= 11 is 0.995. The van der Waals surface area contributed by atoms with Gasteiger partial charge in [-0.05, 0) is 54.5 Å². The second kappa shape index (κ2) is 11.6. The Labute approximate surface area is 218 Å². The molecule has 1 aromatic heterocycles. The van der Waals surface area contributed by atoms with Crippen LogP contribution in [0.15, 0.2) is 46.0 Å². The Balaban J connectivity index is 1.61. The molecule has 1 aromatic carbocycles. The van der Waals surface area contributed by atoms with Gasteiger partial charge >= 0.3 is 12.0 Å². The monoisotopic (exact) mass is 552 g/mol. The van der Waals surface area contributed by atoms with Gasteiger partial charge in [-0.2, -0.15) is 4.31 Å².